The van der Waals surface area contributed by atoms with Crippen LogP contribution in [0.5, 0.6) is 0 Å². The number of aliphatic carboxylic acids is 1. The first-order valence-electron chi connectivity index (χ1n) is 3.01. The van der Waals surface area contributed by atoms with Crippen molar-refractivity contribution in [1.82, 2.24) is 0 Å². The number of carboxylic acids is 1. The van der Waals surface area contributed by atoms with Crippen molar-refractivity contribution >= 4 is 53.8 Å². The van der Waals surface area contributed by atoms with E-state index in [9.17, 15) is 22.9 Å². The van der Waals surface area contributed by atoms with Crippen molar-refractivity contribution in [1.29, 1.82) is 0 Å². The molecule has 0 aromatic heterocycles. The molecular formula is C6H10CaO5S. The van der Waals surface area contributed by atoms with E-state index in [4.69, 9.17) is 0 Å². The Morgan fingerprint density at radius 3 is 1.62 bits per heavy atom. The topological polar surface area (TPSA) is 97.3 Å². The number of hydrogen-bond acceptors (Lipinski definition) is 5. The molecule has 0 N–H and O–H groups in total. The minimum atomic E-state index is -3.91. The summed E-state index contributed by atoms with van der Waals surface area (Å²) >= 11 is 0. The van der Waals surface area contributed by atoms with E-state index in [1.54, 1.807) is 0 Å². The monoisotopic (exact) mass is 234 g/mol. The van der Waals surface area contributed by atoms with Crippen molar-refractivity contribution in [2.45, 2.75) is 13.8 Å². The summed E-state index contributed by atoms with van der Waals surface area (Å²) in [4.78, 5) is 9.49. The zero-order valence-electron chi connectivity index (χ0n) is 7.57. The van der Waals surface area contributed by atoms with E-state index in [0.717, 1.165) is 0 Å². The normalized spacial score (nSPS) is 8.85. The molecule has 72 valence electrons. The van der Waals surface area contributed by atoms with Gasteiger partial charge >= 0.3 is 37.7 Å². The van der Waals surface area contributed by atoms with E-state index in [0.29, 0.717) is 0 Å². The predicted molar refractivity (Wildman–Crippen MR) is 45.8 cm³/mol. The maximum absolute atomic E-state index is 9.49. The Bertz CT molecular complexity index is 244. The molecule has 13 heavy (non-hydrogen) atoms. The summed E-state index contributed by atoms with van der Waals surface area (Å²) in [5.41, 5.74) is 0.0648. The van der Waals surface area contributed by atoms with Crippen LogP contribution in [0.25, 0.3) is 0 Å². The molecule has 5 nitrogen and oxygen atoms in total. The van der Waals surface area contributed by atoms with E-state index in [1.165, 1.54) is 13.8 Å². The van der Waals surface area contributed by atoms with Crippen LogP contribution in [-0.2, 0) is 14.9 Å². The van der Waals surface area contributed by atoms with Crippen LogP contribution in [-0.4, -0.2) is 62.4 Å². The van der Waals surface area contributed by atoms with Crippen LogP contribution in [0, 0.1) is 0 Å². The van der Waals surface area contributed by atoms with Gasteiger partial charge in [0.2, 0.25) is 0 Å². The third-order valence-electron chi connectivity index (χ3n) is 0.702. The zero-order valence-corrected chi connectivity index (χ0v) is 10.6. The number of hydrogen-bond donors (Lipinski definition) is 0. The second kappa shape index (κ2) is 8.96. The molecule has 0 spiro atoms. The second-order valence-electron chi connectivity index (χ2n) is 1.91. The van der Waals surface area contributed by atoms with Crippen LogP contribution in [0.2, 0.25) is 0 Å². The molecule has 0 rings (SSSR count). The SMILES string of the molecule is C=C(C)C(=O)[O-].CCS(=O)(=O)[O-].[Ca+2]. The molecule has 0 heterocycles. The third kappa shape index (κ3) is 24.5. The van der Waals surface area contributed by atoms with Crippen LogP contribution in [0.1, 0.15) is 13.8 Å². The van der Waals surface area contributed by atoms with Crippen LogP contribution in [0.15, 0.2) is 12.2 Å². The second-order valence-corrected chi connectivity index (χ2v) is 3.61. The number of carbonyl (C=O) groups excluding carboxylic acids is 1. The summed E-state index contributed by atoms with van der Waals surface area (Å²) in [5, 5.41) is 9.49. The third-order valence-corrected chi connectivity index (χ3v) is 1.41. The summed E-state index contributed by atoms with van der Waals surface area (Å²) in [5.74, 6) is -1.50. The Hall–Kier alpha value is 0.380. The fourth-order valence-corrected chi connectivity index (χ4v) is 0. The summed E-state index contributed by atoms with van der Waals surface area (Å²) in [6.45, 7) is 5.78. The molecule has 0 atom stereocenters. The van der Waals surface area contributed by atoms with Crippen molar-refractivity contribution < 1.29 is 22.9 Å². The molecular weight excluding hydrogens is 224 g/mol. The van der Waals surface area contributed by atoms with Gasteiger partial charge in [-0.3, -0.25) is 0 Å². The van der Waals surface area contributed by atoms with Crippen LogP contribution in [0.3, 0.4) is 0 Å². The molecule has 0 saturated heterocycles. The first kappa shape index (κ1) is 19.0. The van der Waals surface area contributed by atoms with Gasteiger partial charge in [0.1, 0.15) is 0 Å². The van der Waals surface area contributed by atoms with Crippen LogP contribution >= 0.6 is 0 Å². The Morgan fingerprint density at radius 2 is 1.62 bits per heavy atom. The standard InChI is InChI=1S/C4H6O2.C2H6O3S.Ca/c1-3(2)4(5)6;1-2-6(3,4)5;/h1H2,2H3,(H,5,6);2H2,1H3,(H,3,4,5);/q;;+2/p-2. The van der Waals surface area contributed by atoms with Gasteiger partial charge in [-0.25, -0.2) is 8.42 Å². The molecule has 0 aromatic carbocycles. The molecule has 0 bridgehead atoms. The molecule has 0 aliphatic carbocycles. The Balaban J connectivity index is -0.000000143. The summed E-state index contributed by atoms with van der Waals surface area (Å²) < 4.78 is 28.3. The first-order chi connectivity index (χ1) is 5.20. The van der Waals surface area contributed by atoms with Crippen LogP contribution < -0.4 is 5.11 Å². The molecule has 7 heteroatoms. The van der Waals surface area contributed by atoms with Crippen molar-refractivity contribution in [3.63, 3.8) is 0 Å². The van der Waals surface area contributed by atoms with E-state index in [-0.39, 0.29) is 49.1 Å². The van der Waals surface area contributed by atoms with Gasteiger partial charge in [0.25, 0.3) is 0 Å². The van der Waals surface area contributed by atoms with E-state index < -0.39 is 16.1 Å². The Morgan fingerprint density at radius 1 is 1.46 bits per heavy atom. The van der Waals surface area contributed by atoms with Crippen molar-refractivity contribution in [3.8, 4) is 0 Å². The van der Waals surface area contributed by atoms with Crippen molar-refractivity contribution in [2.75, 3.05) is 5.75 Å². The van der Waals surface area contributed by atoms with Crippen LogP contribution in [0.4, 0.5) is 0 Å². The number of rotatable bonds is 2. The van der Waals surface area contributed by atoms with E-state index in [1.807, 2.05) is 0 Å². The van der Waals surface area contributed by atoms with Gasteiger partial charge in [-0.2, -0.15) is 0 Å². The van der Waals surface area contributed by atoms with Crippen molar-refractivity contribution in [2.24, 2.45) is 0 Å². The van der Waals surface area contributed by atoms with Gasteiger partial charge in [-0.05, 0) is 12.5 Å². The molecule has 0 fully saturated rings. The molecule has 0 aliphatic heterocycles. The number of carboxylic acid groups (broad SMARTS) is 1. The zero-order chi connectivity index (χ0) is 10.4. The van der Waals surface area contributed by atoms with Gasteiger partial charge in [0.05, 0.1) is 16.1 Å². The first-order valence-corrected chi connectivity index (χ1v) is 4.58. The minimum absolute atomic E-state index is 0. The molecule has 0 aromatic rings. The molecule has 0 aliphatic rings. The minimum Gasteiger partial charge on any atom is -0.748 e. The van der Waals surface area contributed by atoms with Gasteiger partial charge in [0.15, 0.2) is 0 Å². The number of carbonyl (C=O) groups is 1. The summed E-state index contributed by atoms with van der Waals surface area (Å²) in [6.07, 6.45) is 0. The average molecular weight is 234 g/mol. The molecule has 0 unspecified atom stereocenters. The predicted octanol–water partition coefficient (Wildman–Crippen LogP) is -1.52. The van der Waals surface area contributed by atoms with Crippen molar-refractivity contribution in [3.05, 3.63) is 12.2 Å². The van der Waals surface area contributed by atoms with E-state index >= 15 is 0 Å². The van der Waals surface area contributed by atoms with E-state index in [2.05, 4.69) is 6.58 Å². The molecule has 0 amide bonds. The fraction of sp³-hybridized carbons (Fsp3) is 0.500. The summed E-state index contributed by atoms with van der Waals surface area (Å²) in [6, 6.07) is 0. The smallest absolute Gasteiger partial charge is 0.748 e. The van der Waals surface area contributed by atoms with Gasteiger partial charge in [0, 0.05) is 5.75 Å². The van der Waals surface area contributed by atoms with Gasteiger partial charge in [-0.1, -0.05) is 13.5 Å². The summed E-state index contributed by atoms with van der Waals surface area (Å²) in [7, 11) is -3.91. The van der Waals surface area contributed by atoms with Gasteiger partial charge in [-0.15, -0.1) is 0 Å². The maximum atomic E-state index is 9.49. The molecule has 0 saturated carbocycles. The largest absolute Gasteiger partial charge is 2.00 e. The Labute approximate surface area is 108 Å². The fourth-order valence-electron chi connectivity index (χ4n) is 0. The van der Waals surface area contributed by atoms with Gasteiger partial charge < -0.3 is 14.5 Å². The molecule has 0 radical (unpaired) electrons. The Kier molecular flexibility index (Phi) is 13.1. The maximum Gasteiger partial charge on any atom is 2.00 e. The average Bonchev–Trinajstić information content (AvgIpc) is 1.87. The quantitative estimate of drug-likeness (QED) is 0.328.